The van der Waals surface area contributed by atoms with Crippen LogP contribution in [0, 0.1) is 5.92 Å². The second-order valence-corrected chi connectivity index (χ2v) is 4.17. The van der Waals surface area contributed by atoms with Crippen LogP contribution < -0.4 is 11.1 Å². The van der Waals surface area contributed by atoms with Crippen molar-refractivity contribution in [1.82, 2.24) is 5.32 Å². The van der Waals surface area contributed by atoms with Gasteiger partial charge in [0.25, 0.3) is 0 Å². The van der Waals surface area contributed by atoms with Crippen LogP contribution in [0.2, 0.25) is 0 Å². The standard InChI is InChI=1S/C11H23N3O2/c1-5-8(6-2)9(15)13-11(4,7-3)10(12)14-16/h8,16H,5-7H2,1-4H3,(H2,12,14)(H,13,15). The molecule has 0 saturated heterocycles. The predicted octanol–water partition coefficient (Wildman–Crippen LogP) is 1.45. The maximum absolute atomic E-state index is 11.9. The molecule has 0 spiro atoms. The summed E-state index contributed by atoms with van der Waals surface area (Å²) in [6.45, 7) is 7.58. The first-order chi connectivity index (χ1) is 7.45. The molecule has 0 aromatic rings. The number of nitrogens with two attached hydrogens (primary N) is 1. The monoisotopic (exact) mass is 229 g/mol. The van der Waals surface area contributed by atoms with Crippen molar-refractivity contribution in [3.8, 4) is 0 Å². The van der Waals surface area contributed by atoms with Gasteiger partial charge in [0, 0.05) is 5.92 Å². The van der Waals surface area contributed by atoms with Gasteiger partial charge in [-0.3, -0.25) is 4.79 Å². The second kappa shape index (κ2) is 6.35. The minimum Gasteiger partial charge on any atom is -0.409 e. The van der Waals surface area contributed by atoms with E-state index in [1.165, 1.54) is 0 Å². The molecule has 0 bridgehead atoms. The summed E-state index contributed by atoms with van der Waals surface area (Å²) in [7, 11) is 0. The lowest BCUT2D eigenvalue weighted by Gasteiger charge is -2.29. The third kappa shape index (κ3) is 3.40. The molecule has 1 atom stereocenters. The molecule has 5 nitrogen and oxygen atoms in total. The van der Waals surface area contributed by atoms with Crippen LogP contribution in [0.4, 0.5) is 0 Å². The number of carbonyl (C=O) groups is 1. The maximum atomic E-state index is 11.9. The van der Waals surface area contributed by atoms with Crippen LogP contribution in [0.5, 0.6) is 0 Å². The van der Waals surface area contributed by atoms with Crippen molar-refractivity contribution in [2.24, 2.45) is 16.8 Å². The fourth-order valence-electron chi connectivity index (χ4n) is 1.48. The van der Waals surface area contributed by atoms with Crippen molar-refractivity contribution in [1.29, 1.82) is 0 Å². The Balaban J connectivity index is 4.72. The van der Waals surface area contributed by atoms with E-state index in [1.807, 2.05) is 20.8 Å². The second-order valence-electron chi connectivity index (χ2n) is 4.17. The Bertz CT molecular complexity index is 262. The zero-order valence-electron chi connectivity index (χ0n) is 10.6. The molecule has 0 aliphatic carbocycles. The highest BCUT2D eigenvalue weighted by Gasteiger charge is 2.31. The Labute approximate surface area is 97.1 Å². The normalized spacial score (nSPS) is 15.9. The van der Waals surface area contributed by atoms with Crippen molar-refractivity contribution in [2.75, 3.05) is 0 Å². The lowest BCUT2D eigenvalue weighted by molar-refractivity contribution is -0.126. The molecule has 5 heteroatoms. The zero-order valence-corrected chi connectivity index (χ0v) is 10.6. The van der Waals surface area contributed by atoms with Gasteiger partial charge in [0.1, 0.15) is 0 Å². The van der Waals surface area contributed by atoms with Crippen LogP contribution in [0.25, 0.3) is 0 Å². The summed E-state index contributed by atoms with van der Waals surface area (Å²) in [4.78, 5) is 11.9. The van der Waals surface area contributed by atoms with E-state index in [0.29, 0.717) is 6.42 Å². The van der Waals surface area contributed by atoms with Crippen LogP contribution in [0.15, 0.2) is 5.16 Å². The van der Waals surface area contributed by atoms with Crippen molar-refractivity contribution >= 4 is 11.7 Å². The van der Waals surface area contributed by atoms with Gasteiger partial charge in [0.05, 0.1) is 5.54 Å². The van der Waals surface area contributed by atoms with E-state index in [-0.39, 0.29) is 17.7 Å². The Morgan fingerprint density at radius 2 is 1.94 bits per heavy atom. The molecule has 0 aliphatic rings. The third-order valence-electron chi connectivity index (χ3n) is 3.14. The summed E-state index contributed by atoms with van der Waals surface area (Å²) in [5.41, 5.74) is 4.81. The van der Waals surface area contributed by atoms with E-state index < -0.39 is 5.54 Å². The number of amides is 1. The predicted molar refractivity (Wildman–Crippen MR) is 64.3 cm³/mol. The first-order valence-corrected chi connectivity index (χ1v) is 5.75. The molecule has 0 fully saturated rings. The van der Waals surface area contributed by atoms with E-state index in [9.17, 15) is 4.79 Å². The van der Waals surface area contributed by atoms with Crippen LogP contribution in [-0.2, 0) is 4.79 Å². The lowest BCUT2D eigenvalue weighted by Crippen LogP contribution is -2.56. The van der Waals surface area contributed by atoms with Gasteiger partial charge in [0.15, 0.2) is 5.84 Å². The van der Waals surface area contributed by atoms with Crippen LogP contribution in [-0.4, -0.2) is 22.5 Å². The summed E-state index contributed by atoms with van der Waals surface area (Å²) in [5, 5.41) is 14.5. The molecule has 1 unspecified atom stereocenters. The van der Waals surface area contributed by atoms with Crippen molar-refractivity contribution in [3.63, 3.8) is 0 Å². The van der Waals surface area contributed by atoms with Crippen LogP contribution in [0.1, 0.15) is 47.0 Å². The number of nitrogens with zero attached hydrogens (tertiary/aromatic N) is 1. The van der Waals surface area contributed by atoms with Gasteiger partial charge in [-0.05, 0) is 26.2 Å². The zero-order chi connectivity index (χ0) is 12.8. The summed E-state index contributed by atoms with van der Waals surface area (Å²) in [6, 6.07) is 0. The van der Waals surface area contributed by atoms with Gasteiger partial charge >= 0.3 is 0 Å². The minimum absolute atomic E-state index is 0.0163. The number of rotatable bonds is 6. The molecule has 0 aromatic heterocycles. The third-order valence-corrected chi connectivity index (χ3v) is 3.14. The number of hydrogen-bond acceptors (Lipinski definition) is 3. The van der Waals surface area contributed by atoms with Gasteiger partial charge in [-0.25, -0.2) is 0 Å². The SMILES string of the molecule is CCC(CC)C(=O)NC(C)(CC)/C(N)=N/O. The lowest BCUT2D eigenvalue weighted by atomic mass is 9.94. The summed E-state index contributed by atoms with van der Waals surface area (Å²) in [6.07, 6.45) is 2.16. The van der Waals surface area contributed by atoms with E-state index in [2.05, 4.69) is 10.5 Å². The molecule has 0 rings (SSSR count). The molecule has 0 aromatic carbocycles. The van der Waals surface area contributed by atoms with E-state index >= 15 is 0 Å². The highest BCUT2D eigenvalue weighted by atomic mass is 16.4. The van der Waals surface area contributed by atoms with E-state index in [1.54, 1.807) is 6.92 Å². The highest BCUT2D eigenvalue weighted by Crippen LogP contribution is 2.14. The number of oxime groups is 1. The Morgan fingerprint density at radius 1 is 1.44 bits per heavy atom. The smallest absolute Gasteiger partial charge is 0.223 e. The molecule has 4 N–H and O–H groups in total. The first-order valence-electron chi connectivity index (χ1n) is 5.75. The molecule has 1 amide bonds. The summed E-state index contributed by atoms with van der Waals surface area (Å²) in [5.74, 6) is -0.0207. The average molecular weight is 229 g/mol. The van der Waals surface area contributed by atoms with Crippen molar-refractivity contribution in [3.05, 3.63) is 0 Å². The van der Waals surface area contributed by atoms with Gasteiger partial charge in [-0.15, -0.1) is 0 Å². The Hall–Kier alpha value is -1.26. The minimum atomic E-state index is -0.769. The molecule has 16 heavy (non-hydrogen) atoms. The molecular weight excluding hydrogens is 206 g/mol. The number of amidine groups is 1. The van der Waals surface area contributed by atoms with Crippen LogP contribution >= 0.6 is 0 Å². The maximum Gasteiger partial charge on any atom is 0.223 e. The van der Waals surface area contributed by atoms with Gasteiger partial charge in [0.2, 0.25) is 5.91 Å². The van der Waals surface area contributed by atoms with E-state index in [0.717, 1.165) is 12.8 Å². The van der Waals surface area contributed by atoms with Crippen molar-refractivity contribution < 1.29 is 10.0 Å². The highest BCUT2D eigenvalue weighted by molar-refractivity contribution is 5.93. The fraction of sp³-hybridized carbons (Fsp3) is 0.818. The Kier molecular flexibility index (Phi) is 5.85. The van der Waals surface area contributed by atoms with Crippen molar-refractivity contribution in [2.45, 2.75) is 52.5 Å². The quantitative estimate of drug-likeness (QED) is 0.279. The number of nitrogens with one attached hydrogen (secondary N) is 1. The number of hydrogen-bond donors (Lipinski definition) is 3. The average Bonchev–Trinajstić information content (AvgIpc) is 2.29. The topological polar surface area (TPSA) is 87.7 Å². The first kappa shape index (κ1) is 14.7. The molecule has 0 saturated carbocycles. The largest absolute Gasteiger partial charge is 0.409 e. The molecule has 0 radical (unpaired) electrons. The van der Waals surface area contributed by atoms with Gasteiger partial charge in [-0.1, -0.05) is 25.9 Å². The fourth-order valence-corrected chi connectivity index (χ4v) is 1.48. The van der Waals surface area contributed by atoms with Gasteiger partial charge in [-0.2, -0.15) is 0 Å². The molecule has 0 aliphatic heterocycles. The van der Waals surface area contributed by atoms with E-state index in [4.69, 9.17) is 10.9 Å². The molecule has 0 heterocycles. The number of carbonyl (C=O) groups excluding carboxylic acids is 1. The Morgan fingerprint density at radius 3 is 2.25 bits per heavy atom. The van der Waals surface area contributed by atoms with Crippen LogP contribution in [0.3, 0.4) is 0 Å². The summed E-state index contributed by atoms with van der Waals surface area (Å²) >= 11 is 0. The summed E-state index contributed by atoms with van der Waals surface area (Å²) < 4.78 is 0. The van der Waals surface area contributed by atoms with Gasteiger partial charge < -0.3 is 16.3 Å². The molecular formula is C11H23N3O2. The molecule has 94 valence electrons.